The summed E-state index contributed by atoms with van der Waals surface area (Å²) < 4.78 is 6.61. The second-order valence-electron chi connectivity index (χ2n) is 3.54. The number of hydrogen-bond acceptors (Lipinski definition) is 3. The first-order chi connectivity index (χ1) is 8.06. The number of nitrogen functional groups attached to an aromatic ring is 1. The lowest BCUT2D eigenvalue weighted by molar-refractivity contribution is 0.465. The van der Waals surface area contributed by atoms with Crippen molar-refractivity contribution in [3.05, 3.63) is 45.5 Å². The van der Waals surface area contributed by atoms with Gasteiger partial charge in [-0.25, -0.2) is 0 Å². The first kappa shape index (κ1) is 12.2. The molecule has 0 bridgehead atoms. The van der Waals surface area contributed by atoms with E-state index in [0.29, 0.717) is 22.5 Å². The molecule has 3 nitrogen and oxygen atoms in total. The van der Waals surface area contributed by atoms with Crippen molar-refractivity contribution >= 4 is 33.2 Å². The first-order valence-corrected chi connectivity index (χ1v) is 6.09. The number of ether oxygens (including phenoxy) is 1. The fraction of sp³-hybridized carbons (Fsp3) is 0.0833. The van der Waals surface area contributed by atoms with Gasteiger partial charge in [0.1, 0.15) is 10.9 Å². The Morgan fingerprint density at radius 1 is 1.29 bits per heavy atom. The minimum Gasteiger partial charge on any atom is -0.437 e. The third-order valence-corrected chi connectivity index (χ3v) is 3.30. The van der Waals surface area contributed by atoms with Crippen molar-refractivity contribution in [1.29, 1.82) is 0 Å². The Morgan fingerprint density at radius 2 is 2.06 bits per heavy atom. The van der Waals surface area contributed by atoms with E-state index in [1.165, 1.54) is 0 Å². The maximum Gasteiger partial charge on any atom is 0.244 e. The second kappa shape index (κ2) is 4.94. The summed E-state index contributed by atoms with van der Waals surface area (Å²) in [7, 11) is 0. The summed E-state index contributed by atoms with van der Waals surface area (Å²) in [6.45, 7) is 1.98. The van der Waals surface area contributed by atoms with Crippen LogP contribution in [0.5, 0.6) is 11.6 Å². The molecule has 0 aliphatic heterocycles. The third kappa shape index (κ3) is 2.90. The van der Waals surface area contributed by atoms with Crippen LogP contribution in [0.4, 0.5) is 5.69 Å². The molecule has 0 fully saturated rings. The van der Waals surface area contributed by atoms with Gasteiger partial charge in [0.2, 0.25) is 5.88 Å². The highest BCUT2D eigenvalue weighted by Gasteiger charge is 2.06. The fourth-order valence-electron chi connectivity index (χ4n) is 1.30. The van der Waals surface area contributed by atoms with Gasteiger partial charge in [-0.2, -0.15) is 4.98 Å². The molecule has 0 spiro atoms. The van der Waals surface area contributed by atoms with Crippen LogP contribution in [0.15, 0.2) is 34.8 Å². The molecular weight excluding hydrogens is 304 g/mol. The van der Waals surface area contributed by atoms with Crippen molar-refractivity contribution in [1.82, 2.24) is 4.98 Å². The van der Waals surface area contributed by atoms with Crippen molar-refractivity contribution in [3.63, 3.8) is 0 Å². The van der Waals surface area contributed by atoms with Crippen molar-refractivity contribution in [3.8, 4) is 11.6 Å². The van der Waals surface area contributed by atoms with Crippen LogP contribution >= 0.6 is 27.5 Å². The van der Waals surface area contributed by atoms with Gasteiger partial charge in [-0.1, -0.05) is 27.5 Å². The molecule has 0 amide bonds. The minimum atomic E-state index is 0.319. The van der Waals surface area contributed by atoms with E-state index in [9.17, 15) is 0 Å². The minimum absolute atomic E-state index is 0.319. The van der Waals surface area contributed by atoms with E-state index in [1.807, 2.05) is 25.1 Å². The van der Waals surface area contributed by atoms with E-state index >= 15 is 0 Å². The number of aryl methyl sites for hydroxylation is 1. The number of nitrogens with two attached hydrogens (primary N) is 1. The summed E-state index contributed by atoms with van der Waals surface area (Å²) in [4.78, 5) is 4.03. The van der Waals surface area contributed by atoms with Crippen molar-refractivity contribution in [2.45, 2.75) is 6.92 Å². The molecule has 2 N–H and O–H groups in total. The molecule has 0 saturated heterocycles. The first-order valence-electron chi connectivity index (χ1n) is 4.92. The number of halogens is 2. The Bertz CT molecular complexity index is 560. The Hall–Kier alpha value is -1.26. The maximum atomic E-state index is 5.79. The van der Waals surface area contributed by atoms with Crippen LogP contribution in [0.25, 0.3) is 0 Å². The van der Waals surface area contributed by atoms with Crippen LogP contribution in [0.3, 0.4) is 0 Å². The lowest BCUT2D eigenvalue weighted by Gasteiger charge is -2.08. The van der Waals surface area contributed by atoms with Crippen LogP contribution in [0.2, 0.25) is 5.15 Å². The van der Waals surface area contributed by atoms with Crippen LogP contribution in [-0.2, 0) is 0 Å². The molecule has 0 radical (unpaired) electrons. The lowest BCUT2D eigenvalue weighted by atomic mass is 10.2. The van der Waals surface area contributed by atoms with Crippen molar-refractivity contribution < 1.29 is 4.74 Å². The third-order valence-electron chi connectivity index (χ3n) is 2.20. The van der Waals surface area contributed by atoms with Gasteiger partial charge >= 0.3 is 0 Å². The highest BCUT2D eigenvalue weighted by molar-refractivity contribution is 9.10. The molecule has 2 rings (SSSR count). The smallest absolute Gasteiger partial charge is 0.244 e. The molecule has 0 saturated carbocycles. The zero-order valence-corrected chi connectivity index (χ0v) is 11.4. The van der Waals surface area contributed by atoms with E-state index in [4.69, 9.17) is 22.1 Å². The van der Waals surface area contributed by atoms with E-state index in [-0.39, 0.29) is 0 Å². The molecule has 2 aromatic rings. The Balaban J connectivity index is 2.31. The summed E-state index contributed by atoms with van der Waals surface area (Å²) >= 11 is 9.21. The van der Waals surface area contributed by atoms with Crippen LogP contribution < -0.4 is 10.5 Å². The van der Waals surface area contributed by atoms with Gasteiger partial charge < -0.3 is 10.5 Å². The topological polar surface area (TPSA) is 48.1 Å². The summed E-state index contributed by atoms with van der Waals surface area (Å²) in [6, 6.07) is 8.92. The Morgan fingerprint density at radius 3 is 2.76 bits per heavy atom. The van der Waals surface area contributed by atoms with Crippen molar-refractivity contribution in [2.75, 3.05) is 5.73 Å². The van der Waals surface area contributed by atoms with Gasteiger partial charge in [0.05, 0.1) is 5.69 Å². The largest absolute Gasteiger partial charge is 0.437 e. The summed E-state index contributed by atoms with van der Waals surface area (Å²) in [5.41, 5.74) is 7.28. The molecule has 1 heterocycles. The molecule has 0 aliphatic carbocycles. The van der Waals surface area contributed by atoms with Crippen molar-refractivity contribution in [2.24, 2.45) is 0 Å². The van der Waals surface area contributed by atoms with Crippen LogP contribution in [-0.4, -0.2) is 4.98 Å². The molecule has 0 unspecified atom stereocenters. The van der Waals surface area contributed by atoms with Gasteiger partial charge in [-0.3, -0.25) is 0 Å². The summed E-state index contributed by atoms with van der Waals surface area (Å²) in [6.07, 6.45) is 0. The van der Waals surface area contributed by atoms with Crippen LogP contribution in [0.1, 0.15) is 5.56 Å². The highest BCUT2D eigenvalue weighted by atomic mass is 79.9. The Kier molecular flexibility index (Phi) is 3.54. The molecule has 0 aliphatic rings. The predicted octanol–water partition coefficient (Wildman–Crippen LogP) is 4.18. The summed E-state index contributed by atoms with van der Waals surface area (Å²) in [5.74, 6) is 0.992. The number of rotatable bonds is 2. The molecule has 0 atom stereocenters. The zero-order valence-electron chi connectivity index (χ0n) is 9.08. The van der Waals surface area contributed by atoms with E-state index in [2.05, 4.69) is 20.9 Å². The molecule has 17 heavy (non-hydrogen) atoms. The Labute approximate surface area is 113 Å². The van der Waals surface area contributed by atoms with Gasteiger partial charge in [0, 0.05) is 4.47 Å². The number of aromatic nitrogens is 1. The van der Waals surface area contributed by atoms with Gasteiger partial charge in [0.15, 0.2) is 0 Å². The van der Waals surface area contributed by atoms with Gasteiger partial charge in [0.25, 0.3) is 0 Å². The number of anilines is 1. The molecule has 1 aromatic heterocycles. The average Bonchev–Trinajstić information content (AvgIpc) is 2.29. The molecule has 5 heteroatoms. The number of benzene rings is 1. The normalized spacial score (nSPS) is 10.3. The molecule has 1 aromatic carbocycles. The average molecular weight is 314 g/mol. The lowest BCUT2D eigenvalue weighted by Crippen LogP contribution is -1.95. The fourth-order valence-corrected chi connectivity index (χ4v) is 1.69. The quantitative estimate of drug-likeness (QED) is 0.846. The number of hydrogen-bond donors (Lipinski definition) is 1. The van der Waals surface area contributed by atoms with Gasteiger partial charge in [-0.05, 0) is 42.8 Å². The highest BCUT2D eigenvalue weighted by Crippen LogP contribution is 2.29. The second-order valence-corrected chi connectivity index (χ2v) is 4.78. The van der Waals surface area contributed by atoms with Gasteiger partial charge in [-0.15, -0.1) is 0 Å². The SMILES string of the molecule is Cc1cc(Oc2nc(Cl)ccc2N)ccc1Br. The summed E-state index contributed by atoms with van der Waals surface area (Å²) in [5, 5.41) is 0.350. The predicted molar refractivity (Wildman–Crippen MR) is 72.6 cm³/mol. The van der Waals surface area contributed by atoms with E-state index in [1.54, 1.807) is 12.1 Å². The van der Waals surface area contributed by atoms with Crippen LogP contribution in [0, 0.1) is 6.92 Å². The maximum absolute atomic E-state index is 5.79. The number of nitrogens with zero attached hydrogens (tertiary/aromatic N) is 1. The molecule has 88 valence electrons. The number of pyridine rings is 1. The van der Waals surface area contributed by atoms with E-state index in [0.717, 1.165) is 10.0 Å². The molecular formula is C12H10BrClN2O. The standard InChI is InChI=1S/C12H10BrClN2O/c1-7-6-8(2-3-9(7)13)17-12-10(15)4-5-11(14)16-12/h2-6H,15H2,1H3. The monoisotopic (exact) mass is 312 g/mol. The van der Waals surface area contributed by atoms with E-state index < -0.39 is 0 Å². The zero-order chi connectivity index (χ0) is 12.4.